The zero-order chi connectivity index (χ0) is 16.9. The summed E-state index contributed by atoms with van der Waals surface area (Å²) in [6, 6.07) is 5.69. The van der Waals surface area contributed by atoms with Crippen molar-refractivity contribution in [1.29, 1.82) is 0 Å². The van der Waals surface area contributed by atoms with E-state index >= 15 is 0 Å². The smallest absolute Gasteiger partial charge is 0.337 e. The van der Waals surface area contributed by atoms with Crippen molar-refractivity contribution in [3.05, 3.63) is 29.8 Å². The fourth-order valence-corrected chi connectivity index (χ4v) is 1.80. The quantitative estimate of drug-likeness (QED) is 0.428. The van der Waals surface area contributed by atoms with Gasteiger partial charge in [0.15, 0.2) is 0 Å². The molecule has 22 heavy (non-hydrogen) atoms. The van der Waals surface area contributed by atoms with Crippen LogP contribution in [0.1, 0.15) is 16.8 Å². The number of benzene rings is 1. The Labute approximate surface area is 123 Å². The lowest BCUT2D eigenvalue weighted by Gasteiger charge is -2.20. The normalized spacial score (nSPS) is 10.7. The molecular weight excluding hydrogens is 298 g/mol. The Kier molecular flexibility index (Phi) is 5.06. The minimum atomic E-state index is -2.99. The molecule has 0 atom stereocenters. The number of aromatic carboxylic acids is 1. The van der Waals surface area contributed by atoms with Gasteiger partial charge in [-0.05, 0) is 12.1 Å². The van der Waals surface area contributed by atoms with E-state index in [2.05, 4.69) is 5.32 Å². The molecular formula is C13H13NO8. The lowest BCUT2D eigenvalue weighted by molar-refractivity contribution is -0.175. The second kappa shape index (κ2) is 6.57. The average Bonchev–Trinajstić information content (AvgIpc) is 2.42. The standard InChI is InChI=1S/C13H13NO8/c15-9(16)7-3-1-2-4-8(7)14-6-5-13(10(17)18,11(19)20)12(21)22/h1-4,14H,5-6H2,(H,15,16)(H,17,18)(H,19,20)(H,21,22). The Morgan fingerprint density at radius 3 is 1.86 bits per heavy atom. The van der Waals surface area contributed by atoms with E-state index in [-0.39, 0.29) is 17.8 Å². The lowest BCUT2D eigenvalue weighted by atomic mass is 9.84. The predicted molar refractivity (Wildman–Crippen MR) is 71.8 cm³/mol. The number of nitrogens with one attached hydrogen (secondary N) is 1. The number of carbonyl (C=O) groups is 4. The van der Waals surface area contributed by atoms with Crippen molar-refractivity contribution >= 4 is 29.6 Å². The first-order valence-electron chi connectivity index (χ1n) is 6.00. The van der Waals surface area contributed by atoms with Crippen LogP contribution in [0.4, 0.5) is 5.69 Å². The van der Waals surface area contributed by atoms with Gasteiger partial charge in [0, 0.05) is 18.7 Å². The van der Waals surface area contributed by atoms with Crippen LogP contribution in [0.25, 0.3) is 0 Å². The van der Waals surface area contributed by atoms with Gasteiger partial charge in [-0.1, -0.05) is 12.1 Å². The molecule has 0 aliphatic heterocycles. The van der Waals surface area contributed by atoms with E-state index in [1.165, 1.54) is 24.3 Å². The minimum absolute atomic E-state index is 0.103. The summed E-state index contributed by atoms with van der Waals surface area (Å²) >= 11 is 0. The first-order chi connectivity index (χ1) is 10.2. The molecule has 0 bridgehead atoms. The molecule has 0 radical (unpaired) electrons. The highest BCUT2D eigenvalue weighted by molar-refractivity contribution is 6.16. The zero-order valence-electron chi connectivity index (χ0n) is 11.1. The van der Waals surface area contributed by atoms with Crippen LogP contribution in [0, 0.1) is 5.41 Å². The van der Waals surface area contributed by atoms with Gasteiger partial charge in [-0.3, -0.25) is 14.4 Å². The van der Waals surface area contributed by atoms with Crippen LogP contribution in [0.15, 0.2) is 24.3 Å². The monoisotopic (exact) mass is 311 g/mol. The van der Waals surface area contributed by atoms with Gasteiger partial charge in [0.25, 0.3) is 5.41 Å². The SMILES string of the molecule is O=C(O)c1ccccc1NCCC(C(=O)O)(C(=O)O)C(=O)O. The largest absolute Gasteiger partial charge is 0.480 e. The fourth-order valence-electron chi connectivity index (χ4n) is 1.80. The summed E-state index contributed by atoms with van der Waals surface area (Å²) in [6.45, 7) is -0.352. The first kappa shape index (κ1) is 17.0. The second-order valence-electron chi connectivity index (χ2n) is 4.35. The highest BCUT2D eigenvalue weighted by Crippen LogP contribution is 2.24. The van der Waals surface area contributed by atoms with Gasteiger partial charge >= 0.3 is 23.9 Å². The van der Waals surface area contributed by atoms with Gasteiger partial charge in [-0.25, -0.2) is 4.79 Å². The number of hydrogen-bond acceptors (Lipinski definition) is 5. The molecule has 118 valence electrons. The van der Waals surface area contributed by atoms with Crippen molar-refractivity contribution in [2.24, 2.45) is 5.41 Å². The van der Waals surface area contributed by atoms with E-state index < -0.39 is 35.7 Å². The van der Waals surface area contributed by atoms with Gasteiger partial charge in [-0.15, -0.1) is 0 Å². The highest BCUT2D eigenvalue weighted by atomic mass is 16.4. The third kappa shape index (κ3) is 3.14. The van der Waals surface area contributed by atoms with Crippen LogP contribution >= 0.6 is 0 Å². The summed E-state index contributed by atoms with van der Waals surface area (Å²) in [6.07, 6.45) is -0.763. The molecule has 9 nitrogen and oxygen atoms in total. The van der Waals surface area contributed by atoms with Gasteiger partial charge < -0.3 is 25.7 Å². The average molecular weight is 311 g/mol. The van der Waals surface area contributed by atoms with Gasteiger partial charge in [0.05, 0.1) is 5.56 Å². The Bertz CT molecular complexity index is 588. The van der Waals surface area contributed by atoms with Crippen LogP contribution in [0.3, 0.4) is 0 Å². The molecule has 0 saturated carbocycles. The van der Waals surface area contributed by atoms with E-state index in [9.17, 15) is 19.2 Å². The number of rotatable bonds is 8. The van der Waals surface area contributed by atoms with Crippen molar-refractivity contribution in [2.45, 2.75) is 6.42 Å². The van der Waals surface area contributed by atoms with Crippen LogP contribution < -0.4 is 5.32 Å². The van der Waals surface area contributed by atoms with Gasteiger partial charge in [0.1, 0.15) is 0 Å². The molecule has 0 fully saturated rings. The van der Waals surface area contributed by atoms with E-state index in [1.54, 1.807) is 0 Å². The molecule has 1 aromatic rings. The third-order valence-corrected chi connectivity index (χ3v) is 3.07. The van der Waals surface area contributed by atoms with Crippen molar-refractivity contribution in [1.82, 2.24) is 0 Å². The summed E-state index contributed by atoms with van der Waals surface area (Å²) in [7, 11) is 0. The zero-order valence-corrected chi connectivity index (χ0v) is 11.1. The van der Waals surface area contributed by atoms with Gasteiger partial charge in [-0.2, -0.15) is 0 Å². The van der Waals surface area contributed by atoms with Gasteiger partial charge in [0.2, 0.25) is 0 Å². The molecule has 9 heteroatoms. The number of carboxylic acids is 4. The lowest BCUT2D eigenvalue weighted by Crippen LogP contribution is -2.47. The number of hydrogen-bond donors (Lipinski definition) is 5. The van der Waals surface area contributed by atoms with Crippen LogP contribution in [0.2, 0.25) is 0 Å². The minimum Gasteiger partial charge on any atom is -0.480 e. The highest BCUT2D eigenvalue weighted by Gasteiger charge is 2.54. The van der Waals surface area contributed by atoms with Crippen molar-refractivity contribution < 1.29 is 39.6 Å². The Morgan fingerprint density at radius 1 is 0.909 bits per heavy atom. The first-order valence-corrected chi connectivity index (χ1v) is 6.00. The Balaban J connectivity index is 2.93. The molecule has 0 spiro atoms. The van der Waals surface area contributed by atoms with E-state index in [0.717, 1.165) is 0 Å². The molecule has 0 aliphatic carbocycles. The fraction of sp³-hybridized carbons (Fsp3) is 0.231. The molecule has 0 unspecified atom stereocenters. The topological polar surface area (TPSA) is 161 Å². The Morgan fingerprint density at radius 2 is 1.41 bits per heavy atom. The summed E-state index contributed by atoms with van der Waals surface area (Å²) < 4.78 is 0. The van der Waals surface area contributed by atoms with E-state index in [1.807, 2.05) is 0 Å². The molecule has 0 saturated heterocycles. The van der Waals surface area contributed by atoms with Crippen molar-refractivity contribution in [2.75, 3.05) is 11.9 Å². The van der Waals surface area contributed by atoms with Crippen LogP contribution in [0.5, 0.6) is 0 Å². The van der Waals surface area contributed by atoms with E-state index in [4.69, 9.17) is 20.4 Å². The summed E-state index contributed by atoms with van der Waals surface area (Å²) in [5, 5.41) is 38.3. The summed E-state index contributed by atoms with van der Waals surface area (Å²) in [5.41, 5.74) is -2.97. The second-order valence-corrected chi connectivity index (χ2v) is 4.35. The molecule has 1 aromatic carbocycles. The Hall–Kier alpha value is -3.10. The maximum absolute atomic E-state index is 11.0. The predicted octanol–water partition coefficient (Wildman–Crippen LogP) is 0.427. The number of carboxylic acid groups (broad SMARTS) is 4. The molecule has 0 amide bonds. The molecule has 0 aromatic heterocycles. The van der Waals surface area contributed by atoms with E-state index in [0.29, 0.717) is 0 Å². The maximum atomic E-state index is 11.0. The number of aliphatic carboxylic acids is 3. The number of para-hydroxylation sites is 1. The molecule has 0 aliphatic rings. The van der Waals surface area contributed by atoms with Crippen LogP contribution in [-0.2, 0) is 14.4 Å². The third-order valence-electron chi connectivity index (χ3n) is 3.07. The maximum Gasteiger partial charge on any atom is 0.337 e. The summed E-state index contributed by atoms with van der Waals surface area (Å²) in [5.74, 6) is -7.23. The molecule has 0 heterocycles. The van der Waals surface area contributed by atoms with Crippen molar-refractivity contribution in [3.63, 3.8) is 0 Å². The molecule has 1 rings (SSSR count). The number of anilines is 1. The van der Waals surface area contributed by atoms with Crippen LogP contribution in [-0.4, -0.2) is 50.8 Å². The molecule has 5 N–H and O–H groups in total. The summed E-state index contributed by atoms with van der Waals surface area (Å²) in [4.78, 5) is 44.1. The van der Waals surface area contributed by atoms with Crippen molar-refractivity contribution in [3.8, 4) is 0 Å².